The lowest BCUT2D eigenvalue weighted by molar-refractivity contribution is -0.113. The van der Waals surface area contributed by atoms with Crippen LogP contribution in [0.1, 0.15) is 0 Å². The second-order valence-electron chi connectivity index (χ2n) is 5.35. The second kappa shape index (κ2) is 8.54. The number of carbonyl (C=O) groups excluding carboxylic acids is 1. The molecule has 140 valence electrons. The molecule has 0 spiro atoms. The highest BCUT2D eigenvalue weighted by Crippen LogP contribution is 2.30. The Morgan fingerprint density at radius 1 is 1.19 bits per heavy atom. The number of halogens is 1. The van der Waals surface area contributed by atoms with E-state index in [1.54, 1.807) is 43.5 Å². The molecule has 0 aliphatic rings. The highest BCUT2D eigenvalue weighted by Gasteiger charge is 2.12. The van der Waals surface area contributed by atoms with Gasteiger partial charge in [0.25, 0.3) is 0 Å². The molecule has 3 aromatic rings. The van der Waals surface area contributed by atoms with E-state index in [0.29, 0.717) is 33.7 Å². The van der Waals surface area contributed by atoms with Gasteiger partial charge in [-0.25, -0.2) is 9.37 Å². The molecule has 1 amide bonds. The van der Waals surface area contributed by atoms with Crippen molar-refractivity contribution in [2.24, 2.45) is 0 Å². The number of aromatic nitrogens is 3. The molecular weight excluding hydrogens is 371 g/mol. The fourth-order valence-electron chi connectivity index (χ4n) is 2.33. The summed E-state index contributed by atoms with van der Waals surface area (Å²) >= 11 is 1.14. The zero-order valence-corrected chi connectivity index (χ0v) is 15.5. The van der Waals surface area contributed by atoms with Gasteiger partial charge < -0.3 is 14.8 Å². The minimum Gasteiger partial charge on any atom is -0.493 e. The average molecular weight is 388 g/mol. The second-order valence-corrected chi connectivity index (χ2v) is 6.30. The molecule has 1 aromatic heterocycles. The Bertz CT molecular complexity index is 948. The maximum atomic E-state index is 13.8. The number of thioether (sulfide) groups is 1. The normalized spacial score (nSPS) is 10.5. The van der Waals surface area contributed by atoms with E-state index in [-0.39, 0.29) is 11.7 Å². The Hall–Kier alpha value is -3.07. The van der Waals surface area contributed by atoms with Gasteiger partial charge in [-0.1, -0.05) is 23.9 Å². The van der Waals surface area contributed by atoms with E-state index in [9.17, 15) is 9.18 Å². The van der Waals surface area contributed by atoms with E-state index in [4.69, 9.17) is 9.47 Å². The molecule has 2 N–H and O–H groups in total. The highest BCUT2D eigenvalue weighted by atomic mass is 32.2. The van der Waals surface area contributed by atoms with Gasteiger partial charge in [0.15, 0.2) is 17.3 Å². The molecule has 9 heteroatoms. The summed E-state index contributed by atoms with van der Waals surface area (Å²) in [4.78, 5) is 16.4. The zero-order chi connectivity index (χ0) is 19.2. The van der Waals surface area contributed by atoms with E-state index < -0.39 is 5.82 Å². The van der Waals surface area contributed by atoms with Gasteiger partial charge in [0, 0.05) is 11.8 Å². The lowest BCUT2D eigenvalue weighted by atomic mass is 10.2. The van der Waals surface area contributed by atoms with Gasteiger partial charge in [-0.05, 0) is 24.3 Å². The van der Waals surface area contributed by atoms with E-state index >= 15 is 0 Å². The van der Waals surface area contributed by atoms with Crippen LogP contribution >= 0.6 is 11.8 Å². The molecule has 0 bridgehead atoms. The third-order valence-corrected chi connectivity index (χ3v) is 4.44. The zero-order valence-electron chi connectivity index (χ0n) is 14.7. The van der Waals surface area contributed by atoms with Crippen molar-refractivity contribution in [2.45, 2.75) is 5.16 Å². The molecular formula is C18H17FN4O3S. The molecule has 0 saturated heterocycles. The lowest BCUT2D eigenvalue weighted by Crippen LogP contribution is -2.14. The Balaban J connectivity index is 1.59. The van der Waals surface area contributed by atoms with Crippen LogP contribution in [0.4, 0.5) is 10.1 Å². The summed E-state index contributed by atoms with van der Waals surface area (Å²) < 4.78 is 24.1. The molecule has 27 heavy (non-hydrogen) atoms. The average Bonchev–Trinajstić information content (AvgIpc) is 3.15. The summed E-state index contributed by atoms with van der Waals surface area (Å²) in [6, 6.07) is 11.4. The van der Waals surface area contributed by atoms with Crippen molar-refractivity contribution in [1.29, 1.82) is 0 Å². The number of hydrogen-bond acceptors (Lipinski definition) is 6. The summed E-state index contributed by atoms with van der Waals surface area (Å²) in [5, 5.41) is 9.81. The van der Waals surface area contributed by atoms with Crippen LogP contribution in [0, 0.1) is 5.82 Å². The van der Waals surface area contributed by atoms with Crippen LogP contribution in [0.15, 0.2) is 47.6 Å². The van der Waals surface area contributed by atoms with Crippen LogP contribution in [0.25, 0.3) is 11.4 Å². The predicted molar refractivity (Wildman–Crippen MR) is 101 cm³/mol. The Morgan fingerprint density at radius 2 is 1.96 bits per heavy atom. The minimum absolute atomic E-state index is 0.100. The molecule has 0 atom stereocenters. The first kappa shape index (κ1) is 18.7. The van der Waals surface area contributed by atoms with Crippen LogP contribution in [0.2, 0.25) is 0 Å². The fourth-order valence-corrected chi connectivity index (χ4v) is 2.92. The van der Waals surface area contributed by atoms with Crippen molar-refractivity contribution in [1.82, 2.24) is 15.2 Å². The molecule has 0 aliphatic heterocycles. The van der Waals surface area contributed by atoms with E-state index in [1.807, 2.05) is 0 Å². The molecule has 0 aliphatic carbocycles. The van der Waals surface area contributed by atoms with E-state index in [0.717, 1.165) is 11.8 Å². The van der Waals surface area contributed by atoms with Crippen molar-refractivity contribution in [3.8, 4) is 22.9 Å². The van der Waals surface area contributed by atoms with Gasteiger partial charge in [-0.15, -0.1) is 5.10 Å². The first-order valence-electron chi connectivity index (χ1n) is 7.92. The van der Waals surface area contributed by atoms with Gasteiger partial charge in [0.2, 0.25) is 11.1 Å². The number of hydrogen-bond donors (Lipinski definition) is 2. The van der Waals surface area contributed by atoms with E-state index in [2.05, 4.69) is 20.5 Å². The summed E-state index contributed by atoms with van der Waals surface area (Å²) in [7, 11) is 3.06. The highest BCUT2D eigenvalue weighted by molar-refractivity contribution is 7.99. The van der Waals surface area contributed by atoms with Gasteiger partial charge in [-0.2, -0.15) is 0 Å². The van der Waals surface area contributed by atoms with Crippen LogP contribution in [0.3, 0.4) is 0 Å². The molecule has 0 saturated carbocycles. The number of rotatable bonds is 7. The first-order chi connectivity index (χ1) is 13.1. The number of benzene rings is 2. The largest absolute Gasteiger partial charge is 0.493 e. The number of nitrogens with one attached hydrogen (secondary N) is 2. The summed E-state index contributed by atoms with van der Waals surface area (Å²) in [5.74, 6) is 0.887. The third kappa shape index (κ3) is 4.56. The number of H-pyrrole nitrogens is 1. The Morgan fingerprint density at radius 3 is 2.70 bits per heavy atom. The SMILES string of the molecule is COc1ccc(NC(=O)CSc2n[nH]c(-c3ccccc3F)n2)cc1OC. The van der Waals surface area contributed by atoms with Crippen LogP contribution in [-0.4, -0.2) is 41.1 Å². The molecule has 0 fully saturated rings. The van der Waals surface area contributed by atoms with Crippen molar-refractivity contribution < 1.29 is 18.7 Å². The van der Waals surface area contributed by atoms with Gasteiger partial charge >= 0.3 is 0 Å². The summed E-state index contributed by atoms with van der Waals surface area (Å²) in [6.45, 7) is 0. The minimum atomic E-state index is -0.392. The number of methoxy groups -OCH3 is 2. The van der Waals surface area contributed by atoms with Crippen LogP contribution in [0.5, 0.6) is 11.5 Å². The smallest absolute Gasteiger partial charge is 0.234 e. The Kier molecular flexibility index (Phi) is 5.92. The molecule has 7 nitrogen and oxygen atoms in total. The number of ether oxygens (including phenoxy) is 2. The molecule has 0 radical (unpaired) electrons. The number of amides is 1. The van der Waals surface area contributed by atoms with Gasteiger partial charge in [-0.3, -0.25) is 9.89 Å². The summed E-state index contributed by atoms with van der Waals surface area (Å²) in [5.41, 5.74) is 0.909. The summed E-state index contributed by atoms with van der Waals surface area (Å²) in [6.07, 6.45) is 0. The van der Waals surface area contributed by atoms with Crippen LogP contribution in [-0.2, 0) is 4.79 Å². The third-order valence-electron chi connectivity index (χ3n) is 3.59. The number of anilines is 1. The lowest BCUT2D eigenvalue weighted by Gasteiger charge is -2.10. The topological polar surface area (TPSA) is 89.1 Å². The van der Waals surface area contributed by atoms with E-state index in [1.165, 1.54) is 13.2 Å². The fraction of sp³-hybridized carbons (Fsp3) is 0.167. The Labute approximate surface area is 159 Å². The molecule has 3 rings (SSSR count). The number of carbonyl (C=O) groups is 1. The number of aromatic amines is 1. The first-order valence-corrected chi connectivity index (χ1v) is 8.91. The standard InChI is InChI=1S/C18H17FN4O3S/c1-25-14-8-7-11(9-15(14)26-2)20-16(24)10-27-18-21-17(22-23-18)12-5-3-4-6-13(12)19/h3-9H,10H2,1-2H3,(H,20,24)(H,21,22,23). The molecule has 1 heterocycles. The van der Waals surface area contributed by atoms with Gasteiger partial charge in [0.05, 0.1) is 25.5 Å². The quantitative estimate of drug-likeness (QED) is 0.604. The maximum absolute atomic E-state index is 13.8. The maximum Gasteiger partial charge on any atom is 0.234 e. The van der Waals surface area contributed by atoms with Gasteiger partial charge in [0.1, 0.15) is 5.82 Å². The molecule has 0 unspecified atom stereocenters. The van der Waals surface area contributed by atoms with Crippen LogP contribution < -0.4 is 14.8 Å². The molecule has 2 aromatic carbocycles. The van der Waals surface area contributed by atoms with Crippen molar-refractivity contribution in [3.05, 3.63) is 48.3 Å². The van der Waals surface area contributed by atoms with Crippen molar-refractivity contribution >= 4 is 23.4 Å². The monoisotopic (exact) mass is 388 g/mol. The van der Waals surface area contributed by atoms with Crippen molar-refractivity contribution in [2.75, 3.05) is 25.3 Å². The van der Waals surface area contributed by atoms with Crippen molar-refractivity contribution in [3.63, 3.8) is 0 Å². The number of nitrogens with zero attached hydrogens (tertiary/aromatic N) is 2. The predicted octanol–water partition coefficient (Wildman–Crippen LogP) is 3.36.